The van der Waals surface area contributed by atoms with Crippen LogP contribution in [0.4, 0.5) is 0 Å². The number of furan rings is 1. The van der Waals surface area contributed by atoms with Gasteiger partial charge in [0.25, 0.3) is 0 Å². The Hall–Kier alpha value is -6.84. The Kier molecular flexibility index (Phi) is 6.60. The van der Waals surface area contributed by atoms with E-state index in [-0.39, 0.29) is 5.41 Å². The van der Waals surface area contributed by atoms with Crippen molar-refractivity contribution in [1.82, 2.24) is 9.97 Å². The normalized spacial score (nSPS) is 13.1. The minimum atomic E-state index is -0.136. The maximum absolute atomic E-state index is 6.30. The van der Waals surface area contributed by atoms with Crippen LogP contribution in [-0.4, -0.2) is 9.97 Å². The Labute approximate surface area is 313 Å². The van der Waals surface area contributed by atoms with E-state index in [1.807, 2.05) is 24.3 Å². The van der Waals surface area contributed by atoms with E-state index in [9.17, 15) is 0 Å². The van der Waals surface area contributed by atoms with E-state index in [0.717, 1.165) is 55.4 Å². The summed E-state index contributed by atoms with van der Waals surface area (Å²) in [6, 6.07) is 60.4. The van der Waals surface area contributed by atoms with Gasteiger partial charge in [-0.1, -0.05) is 159 Å². The second kappa shape index (κ2) is 11.6. The van der Waals surface area contributed by atoms with Gasteiger partial charge in [0.2, 0.25) is 0 Å². The SMILES string of the molecule is CC1(C)c2cccc(-c3ccc(-c4nc(-c5ccccc5)cc(-c5cccc6oc7ccccc7c56)n4)c4ccccc34)c2-c2ccc3ccccc3c21. The van der Waals surface area contributed by atoms with Crippen molar-refractivity contribution >= 4 is 43.5 Å². The van der Waals surface area contributed by atoms with Crippen molar-refractivity contribution in [1.29, 1.82) is 0 Å². The number of nitrogens with zero attached hydrogens (tertiary/aromatic N) is 2. The summed E-state index contributed by atoms with van der Waals surface area (Å²) < 4.78 is 6.30. The molecular weight excluding hydrogens is 657 g/mol. The molecule has 0 saturated heterocycles. The van der Waals surface area contributed by atoms with Crippen molar-refractivity contribution in [2.24, 2.45) is 0 Å². The van der Waals surface area contributed by atoms with Gasteiger partial charge in [0, 0.05) is 32.9 Å². The summed E-state index contributed by atoms with van der Waals surface area (Å²) in [5, 5.41) is 7.04. The van der Waals surface area contributed by atoms with Crippen LogP contribution in [0, 0.1) is 0 Å². The molecule has 0 bridgehead atoms. The molecule has 0 atom stereocenters. The van der Waals surface area contributed by atoms with Crippen molar-refractivity contribution < 1.29 is 4.42 Å². The summed E-state index contributed by atoms with van der Waals surface area (Å²) in [5.74, 6) is 0.690. The molecule has 1 aliphatic rings. The minimum absolute atomic E-state index is 0.136. The van der Waals surface area contributed by atoms with Gasteiger partial charge in [-0.25, -0.2) is 9.97 Å². The summed E-state index contributed by atoms with van der Waals surface area (Å²) in [5.41, 5.74) is 14.2. The summed E-state index contributed by atoms with van der Waals surface area (Å²) in [6.07, 6.45) is 0. The third kappa shape index (κ3) is 4.48. The van der Waals surface area contributed by atoms with Crippen molar-refractivity contribution in [2.75, 3.05) is 0 Å². The molecule has 254 valence electrons. The predicted octanol–water partition coefficient (Wildman–Crippen LogP) is 13.7. The van der Waals surface area contributed by atoms with Crippen LogP contribution < -0.4 is 0 Å². The standard InChI is InChI=1S/C51H34N2O/c1-51(2)42-23-12-21-37(47(42)41-27-26-31-14-6-7-17-33(31)49(41)51)36-28-29-38(35-19-9-8-18-34(35)36)50-52-43(32-15-4-3-5-16-32)30-44(53-50)39-22-13-25-46-48(39)40-20-10-11-24-45(40)54-46/h3-30H,1-2H3. The molecule has 11 rings (SSSR count). The second-order valence-electron chi connectivity index (χ2n) is 14.9. The van der Waals surface area contributed by atoms with Gasteiger partial charge in [-0.15, -0.1) is 0 Å². The molecule has 0 saturated carbocycles. The Morgan fingerprint density at radius 3 is 1.93 bits per heavy atom. The van der Waals surface area contributed by atoms with Crippen LogP contribution in [0.25, 0.3) is 99.6 Å². The molecule has 1 aliphatic carbocycles. The largest absolute Gasteiger partial charge is 0.456 e. The Morgan fingerprint density at radius 1 is 0.444 bits per heavy atom. The maximum atomic E-state index is 6.30. The molecule has 0 unspecified atom stereocenters. The minimum Gasteiger partial charge on any atom is -0.456 e. The Balaban J connectivity index is 1.14. The topological polar surface area (TPSA) is 38.9 Å². The lowest BCUT2D eigenvalue weighted by molar-refractivity contribution is 0.666. The highest BCUT2D eigenvalue weighted by molar-refractivity contribution is 6.13. The number of aromatic nitrogens is 2. The molecule has 0 amide bonds. The Bertz CT molecular complexity index is 3130. The Morgan fingerprint density at radius 2 is 1.07 bits per heavy atom. The quantitative estimate of drug-likeness (QED) is 0.184. The van der Waals surface area contributed by atoms with Crippen molar-refractivity contribution in [3.63, 3.8) is 0 Å². The first-order valence-electron chi connectivity index (χ1n) is 18.6. The zero-order chi connectivity index (χ0) is 36.0. The van der Waals surface area contributed by atoms with E-state index in [2.05, 4.69) is 159 Å². The van der Waals surface area contributed by atoms with E-state index in [1.54, 1.807) is 0 Å². The van der Waals surface area contributed by atoms with Crippen LogP contribution >= 0.6 is 0 Å². The van der Waals surface area contributed by atoms with Gasteiger partial charge >= 0.3 is 0 Å². The molecule has 8 aromatic carbocycles. The third-order valence-electron chi connectivity index (χ3n) is 11.5. The van der Waals surface area contributed by atoms with E-state index in [0.29, 0.717) is 5.82 Å². The molecule has 54 heavy (non-hydrogen) atoms. The average Bonchev–Trinajstić information content (AvgIpc) is 3.73. The van der Waals surface area contributed by atoms with Gasteiger partial charge in [0.1, 0.15) is 11.2 Å². The highest BCUT2D eigenvalue weighted by Gasteiger charge is 2.38. The smallest absolute Gasteiger partial charge is 0.161 e. The molecule has 2 aromatic heterocycles. The lowest BCUT2D eigenvalue weighted by atomic mass is 9.80. The third-order valence-corrected chi connectivity index (χ3v) is 11.5. The van der Waals surface area contributed by atoms with Gasteiger partial charge in [0.15, 0.2) is 5.82 Å². The highest BCUT2D eigenvalue weighted by atomic mass is 16.3. The first-order valence-corrected chi connectivity index (χ1v) is 18.6. The van der Waals surface area contributed by atoms with Gasteiger partial charge in [-0.2, -0.15) is 0 Å². The monoisotopic (exact) mass is 690 g/mol. The van der Waals surface area contributed by atoms with Crippen molar-refractivity contribution in [2.45, 2.75) is 19.3 Å². The number of rotatable bonds is 4. The van der Waals surface area contributed by atoms with Crippen LogP contribution in [0.1, 0.15) is 25.0 Å². The number of hydrogen-bond acceptors (Lipinski definition) is 3. The lowest BCUT2D eigenvalue weighted by Gasteiger charge is -2.23. The molecule has 0 spiro atoms. The molecule has 0 N–H and O–H groups in total. The molecule has 0 fully saturated rings. The number of hydrogen-bond donors (Lipinski definition) is 0. The molecule has 3 heteroatoms. The first kappa shape index (κ1) is 30.8. The van der Waals surface area contributed by atoms with Gasteiger partial charge in [-0.05, 0) is 79.2 Å². The average molecular weight is 691 g/mol. The van der Waals surface area contributed by atoms with Crippen LogP contribution in [-0.2, 0) is 5.41 Å². The van der Waals surface area contributed by atoms with Crippen LogP contribution in [0.2, 0.25) is 0 Å². The van der Waals surface area contributed by atoms with Crippen LogP contribution in [0.3, 0.4) is 0 Å². The molecule has 2 heterocycles. The molecule has 10 aromatic rings. The van der Waals surface area contributed by atoms with E-state index < -0.39 is 0 Å². The summed E-state index contributed by atoms with van der Waals surface area (Å²) in [7, 11) is 0. The molecule has 0 radical (unpaired) electrons. The fourth-order valence-corrected chi connectivity index (χ4v) is 9.06. The zero-order valence-electron chi connectivity index (χ0n) is 30.0. The highest BCUT2D eigenvalue weighted by Crippen LogP contribution is 2.55. The van der Waals surface area contributed by atoms with Crippen LogP contribution in [0.5, 0.6) is 0 Å². The fourth-order valence-electron chi connectivity index (χ4n) is 9.06. The van der Waals surface area contributed by atoms with Crippen LogP contribution in [0.15, 0.2) is 174 Å². The summed E-state index contributed by atoms with van der Waals surface area (Å²) >= 11 is 0. The van der Waals surface area contributed by atoms with Crippen molar-refractivity contribution in [3.05, 3.63) is 181 Å². The van der Waals surface area contributed by atoms with Crippen molar-refractivity contribution in [3.8, 4) is 56.2 Å². The summed E-state index contributed by atoms with van der Waals surface area (Å²) in [4.78, 5) is 10.7. The fraction of sp³-hybridized carbons (Fsp3) is 0.0588. The number of para-hydroxylation sites is 1. The van der Waals surface area contributed by atoms with E-state index in [1.165, 1.54) is 49.5 Å². The zero-order valence-corrected chi connectivity index (χ0v) is 30.0. The molecule has 0 aliphatic heterocycles. The number of fused-ring (bicyclic) bond motifs is 9. The maximum Gasteiger partial charge on any atom is 0.161 e. The van der Waals surface area contributed by atoms with Gasteiger partial charge < -0.3 is 4.42 Å². The molecule has 3 nitrogen and oxygen atoms in total. The lowest BCUT2D eigenvalue weighted by Crippen LogP contribution is -2.15. The van der Waals surface area contributed by atoms with Gasteiger partial charge in [0.05, 0.1) is 11.4 Å². The molecular formula is C51H34N2O. The number of benzene rings is 8. The van der Waals surface area contributed by atoms with E-state index >= 15 is 0 Å². The second-order valence-corrected chi connectivity index (χ2v) is 14.9. The predicted molar refractivity (Wildman–Crippen MR) is 224 cm³/mol. The van der Waals surface area contributed by atoms with E-state index in [4.69, 9.17) is 14.4 Å². The van der Waals surface area contributed by atoms with Gasteiger partial charge in [-0.3, -0.25) is 0 Å². The summed E-state index contributed by atoms with van der Waals surface area (Å²) in [6.45, 7) is 4.74. The first-order chi connectivity index (χ1) is 26.5.